The molecule has 0 bridgehead atoms. The summed E-state index contributed by atoms with van der Waals surface area (Å²) in [6.07, 6.45) is -3.61. The number of hydrogen-bond donors (Lipinski definition) is 1. The molecule has 2 atom stereocenters. The lowest BCUT2D eigenvalue weighted by atomic mass is 9.96. The van der Waals surface area contributed by atoms with Gasteiger partial charge in [-0.1, -0.05) is 0 Å². The zero-order valence-corrected chi connectivity index (χ0v) is 9.81. The van der Waals surface area contributed by atoms with E-state index in [9.17, 15) is 13.2 Å². The van der Waals surface area contributed by atoms with E-state index in [0.717, 1.165) is 6.07 Å². The Balaban J connectivity index is 0.00000144. The van der Waals surface area contributed by atoms with Crippen molar-refractivity contribution in [2.75, 3.05) is 6.61 Å². The van der Waals surface area contributed by atoms with Crippen molar-refractivity contribution >= 4 is 12.4 Å². The van der Waals surface area contributed by atoms with Crippen molar-refractivity contribution in [1.29, 1.82) is 0 Å². The second kappa shape index (κ2) is 4.80. The average molecular weight is 269 g/mol. The Kier molecular flexibility index (Phi) is 4.01. The Morgan fingerprint density at radius 2 is 2.06 bits per heavy atom. The minimum absolute atomic E-state index is 0. The van der Waals surface area contributed by atoms with E-state index in [-0.39, 0.29) is 18.5 Å². The highest BCUT2D eigenvalue weighted by Crippen LogP contribution is 2.35. The molecule has 1 aromatic heterocycles. The molecular formula is C10H12ClF3N2O. The van der Waals surface area contributed by atoms with Gasteiger partial charge in [0.15, 0.2) is 0 Å². The van der Waals surface area contributed by atoms with Crippen molar-refractivity contribution in [3.63, 3.8) is 0 Å². The molecule has 17 heavy (non-hydrogen) atoms. The van der Waals surface area contributed by atoms with Crippen LogP contribution in [0, 0.1) is 0 Å². The van der Waals surface area contributed by atoms with Crippen LogP contribution in [0.15, 0.2) is 12.3 Å². The summed E-state index contributed by atoms with van der Waals surface area (Å²) in [7, 11) is 0. The van der Waals surface area contributed by atoms with Gasteiger partial charge < -0.3 is 10.5 Å². The molecule has 0 aliphatic carbocycles. The van der Waals surface area contributed by atoms with Gasteiger partial charge in [0.2, 0.25) is 0 Å². The Hall–Kier alpha value is -0.850. The van der Waals surface area contributed by atoms with Crippen LogP contribution < -0.4 is 5.73 Å². The van der Waals surface area contributed by atoms with Gasteiger partial charge >= 0.3 is 6.18 Å². The highest BCUT2D eigenvalue weighted by atomic mass is 35.5. The summed E-state index contributed by atoms with van der Waals surface area (Å²) < 4.78 is 42.6. The first-order valence-corrected chi connectivity index (χ1v) is 4.84. The van der Waals surface area contributed by atoms with E-state index in [1.807, 2.05) is 0 Å². The van der Waals surface area contributed by atoms with Gasteiger partial charge in [0, 0.05) is 6.20 Å². The Morgan fingerprint density at radius 1 is 1.41 bits per heavy atom. The molecule has 96 valence electrons. The van der Waals surface area contributed by atoms with E-state index < -0.39 is 17.9 Å². The molecule has 0 radical (unpaired) electrons. The fourth-order valence-electron chi connectivity index (χ4n) is 1.73. The molecule has 1 aromatic rings. The maximum Gasteiger partial charge on any atom is 0.433 e. The zero-order chi connectivity index (χ0) is 11.9. The second-order valence-corrected chi connectivity index (χ2v) is 3.78. The van der Waals surface area contributed by atoms with E-state index in [4.69, 9.17) is 10.5 Å². The number of ether oxygens (including phenoxy) is 1. The largest absolute Gasteiger partial charge is 0.433 e. The molecule has 0 spiro atoms. The van der Waals surface area contributed by atoms with Crippen LogP contribution in [-0.2, 0) is 10.9 Å². The fourth-order valence-corrected chi connectivity index (χ4v) is 1.73. The summed E-state index contributed by atoms with van der Waals surface area (Å²) in [6.45, 7) is 2.01. The third-order valence-electron chi connectivity index (χ3n) is 2.62. The van der Waals surface area contributed by atoms with Crippen LogP contribution in [0.2, 0.25) is 0 Å². The van der Waals surface area contributed by atoms with Gasteiger partial charge in [0.25, 0.3) is 0 Å². The number of aromatic nitrogens is 1. The number of nitrogens with zero attached hydrogens (tertiary/aromatic N) is 1. The minimum atomic E-state index is -4.43. The van der Waals surface area contributed by atoms with Crippen LogP contribution in [0.5, 0.6) is 0 Å². The third kappa shape index (κ3) is 2.70. The molecule has 7 heteroatoms. The lowest BCUT2D eigenvalue weighted by molar-refractivity contribution is -0.141. The lowest BCUT2D eigenvalue weighted by Gasteiger charge is -2.28. The molecule has 3 nitrogen and oxygen atoms in total. The SMILES string of the molecule is C[C@H]1OCC(N)c2cnc(C(F)(F)F)cc21.Cl. The zero-order valence-electron chi connectivity index (χ0n) is 8.99. The second-order valence-electron chi connectivity index (χ2n) is 3.78. The van der Waals surface area contributed by atoms with Crippen molar-refractivity contribution in [2.45, 2.75) is 25.2 Å². The van der Waals surface area contributed by atoms with Crippen molar-refractivity contribution < 1.29 is 17.9 Å². The fraction of sp³-hybridized carbons (Fsp3) is 0.500. The average Bonchev–Trinajstić information content (AvgIpc) is 2.22. The van der Waals surface area contributed by atoms with Crippen LogP contribution in [0.1, 0.15) is 35.9 Å². The van der Waals surface area contributed by atoms with E-state index in [0.29, 0.717) is 17.7 Å². The molecule has 0 saturated heterocycles. The molecule has 0 amide bonds. The van der Waals surface area contributed by atoms with Gasteiger partial charge in [-0.3, -0.25) is 4.98 Å². The van der Waals surface area contributed by atoms with E-state index in [2.05, 4.69) is 4.98 Å². The van der Waals surface area contributed by atoms with Crippen LogP contribution in [0.4, 0.5) is 13.2 Å². The quantitative estimate of drug-likeness (QED) is 0.787. The Bertz CT molecular complexity index is 411. The van der Waals surface area contributed by atoms with Crippen LogP contribution in [0.25, 0.3) is 0 Å². The molecule has 1 unspecified atom stereocenters. The van der Waals surface area contributed by atoms with Crippen LogP contribution in [-0.4, -0.2) is 11.6 Å². The molecule has 1 aliphatic heterocycles. The number of pyridine rings is 1. The van der Waals surface area contributed by atoms with Crippen molar-refractivity contribution in [3.8, 4) is 0 Å². The third-order valence-corrected chi connectivity index (χ3v) is 2.62. The highest BCUT2D eigenvalue weighted by molar-refractivity contribution is 5.85. The molecular weight excluding hydrogens is 257 g/mol. The predicted octanol–water partition coefficient (Wildman–Crippen LogP) is 2.61. The Labute approximate surface area is 103 Å². The van der Waals surface area contributed by atoms with Crippen molar-refractivity contribution in [1.82, 2.24) is 4.98 Å². The molecule has 2 N–H and O–H groups in total. The first-order valence-electron chi connectivity index (χ1n) is 4.84. The van der Waals surface area contributed by atoms with E-state index in [1.54, 1.807) is 6.92 Å². The highest BCUT2D eigenvalue weighted by Gasteiger charge is 2.34. The Morgan fingerprint density at radius 3 is 2.65 bits per heavy atom. The van der Waals surface area contributed by atoms with Gasteiger partial charge in [-0.05, 0) is 24.1 Å². The smallest absolute Gasteiger partial charge is 0.372 e. The van der Waals surface area contributed by atoms with Gasteiger partial charge in [0.1, 0.15) is 5.69 Å². The number of halogens is 4. The molecule has 0 fully saturated rings. The van der Waals surface area contributed by atoms with Gasteiger partial charge in [-0.2, -0.15) is 13.2 Å². The number of nitrogens with two attached hydrogens (primary N) is 1. The molecule has 2 heterocycles. The first kappa shape index (κ1) is 14.2. The van der Waals surface area contributed by atoms with Gasteiger partial charge in [-0.15, -0.1) is 12.4 Å². The number of alkyl halides is 3. The van der Waals surface area contributed by atoms with E-state index >= 15 is 0 Å². The maximum absolute atomic E-state index is 12.4. The van der Waals surface area contributed by atoms with Gasteiger partial charge in [-0.25, -0.2) is 0 Å². The van der Waals surface area contributed by atoms with Gasteiger partial charge in [0.05, 0.1) is 18.8 Å². The molecule has 2 rings (SSSR count). The molecule has 1 aliphatic rings. The van der Waals surface area contributed by atoms with Crippen LogP contribution in [0.3, 0.4) is 0 Å². The lowest BCUT2D eigenvalue weighted by Crippen LogP contribution is -2.26. The predicted molar refractivity (Wildman–Crippen MR) is 57.8 cm³/mol. The summed E-state index contributed by atoms with van der Waals surface area (Å²) in [5, 5.41) is 0. The molecule has 0 saturated carbocycles. The first-order chi connectivity index (χ1) is 7.39. The summed E-state index contributed by atoms with van der Waals surface area (Å²) in [5.41, 5.74) is 5.92. The standard InChI is InChI=1S/C10H11F3N2O.ClH/c1-5-6-2-9(10(11,12)13)15-3-7(6)8(14)4-16-5;/h2-3,5,8H,4,14H2,1H3;1H/t5-,8?;/m1./s1. The number of hydrogen-bond acceptors (Lipinski definition) is 3. The van der Waals surface area contributed by atoms with Crippen molar-refractivity contribution in [3.05, 3.63) is 29.1 Å². The maximum atomic E-state index is 12.4. The monoisotopic (exact) mass is 268 g/mol. The van der Waals surface area contributed by atoms with Crippen LogP contribution >= 0.6 is 12.4 Å². The van der Waals surface area contributed by atoms with E-state index in [1.165, 1.54) is 6.20 Å². The summed E-state index contributed by atoms with van der Waals surface area (Å²) in [6, 6.07) is 0.611. The normalized spacial score (nSPS) is 23.8. The molecule has 0 aromatic carbocycles. The topological polar surface area (TPSA) is 48.1 Å². The summed E-state index contributed by atoms with van der Waals surface area (Å²) in [4.78, 5) is 3.39. The summed E-state index contributed by atoms with van der Waals surface area (Å²) in [5.74, 6) is 0. The van der Waals surface area contributed by atoms with Crippen molar-refractivity contribution in [2.24, 2.45) is 5.73 Å². The number of rotatable bonds is 0. The minimum Gasteiger partial charge on any atom is -0.372 e. The number of fused-ring (bicyclic) bond motifs is 1. The summed E-state index contributed by atoms with van der Waals surface area (Å²) >= 11 is 0.